The number of aromatic amines is 1. The summed E-state index contributed by atoms with van der Waals surface area (Å²) >= 11 is 3.26. The van der Waals surface area contributed by atoms with Crippen LogP contribution < -0.4 is 5.73 Å². The average Bonchev–Trinajstić information content (AvgIpc) is 2.74. The predicted molar refractivity (Wildman–Crippen MR) is 56.5 cm³/mol. The van der Waals surface area contributed by atoms with E-state index in [2.05, 4.69) is 31.3 Å². The van der Waals surface area contributed by atoms with E-state index in [0.29, 0.717) is 11.3 Å². The van der Waals surface area contributed by atoms with E-state index >= 15 is 0 Å². The van der Waals surface area contributed by atoms with E-state index in [1.807, 2.05) is 0 Å². The summed E-state index contributed by atoms with van der Waals surface area (Å²) in [7, 11) is 0. The Hall–Kier alpha value is -1.27. The Balaban J connectivity index is 2.41. The highest BCUT2D eigenvalue weighted by Crippen LogP contribution is 2.23. The molecule has 3 N–H and O–H groups in total. The van der Waals surface area contributed by atoms with Crippen LogP contribution in [0.5, 0.6) is 0 Å². The maximum atomic E-state index is 13.5. The van der Waals surface area contributed by atoms with Crippen molar-refractivity contribution in [3.8, 4) is 0 Å². The molecule has 1 aromatic carbocycles. The van der Waals surface area contributed by atoms with Crippen LogP contribution in [0.2, 0.25) is 0 Å². The van der Waals surface area contributed by atoms with Crippen LogP contribution in [0.4, 0.5) is 4.39 Å². The first kappa shape index (κ1) is 10.3. The molecule has 0 aliphatic carbocycles. The maximum absolute atomic E-state index is 13.5. The Morgan fingerprint density at radius 2 is 2.27 bits per heavy atom. The molecule has 0 saturated heterocycles. The largest absolute Gasteiger partial charge is 0.319 e. The number of nitrogens with zero attached hydrogens (tertiary/aromatic N) is 2. The molecule has 1 heterocycles. The second-order valence-corrected chi connectivity index (χ2v) is 3.95. The monoisotopic (exact) mass is 270 g/mol. The van der Waals surface area contributed by atoms with Crippen molar-refractivity contribution >= 4 is 15.9 Å². The van der Waals surface area contributed by atoms with Gasteiger partial charge in [-0.1, -0.05) is 15.9 Å². The number of nitrogens with two attached hydrogens (primary N) is 1. The third-order valence-corrected chi connectivity index (χ3v) is 2.54. The lowest BCUT2D eigenvalue weighted by Gasteiger charge is -2.09. The van der Waals surface area contributed by atoms with Gasteiger partial charge in [-0.3, -0.25) is 0 Å². The Morgan fingerprint density at radius 3 is 2.93 bits per heavy atom. The molecule has 0 bridgehead atoms. The summed E-state index contributed by atoms with van der Waals surface area (Å²) in [5, 5.41) is 9.89. The van der Waals surface area contributed by atoms with Gasteiger partial charge in [0.2, 0.25) is 0 Å². The van der Waals surface area contributed by atoms with Crippen LogP contribution in [0.15, 0.2) is 28.9 Å². The van der Waals surface area contributed by atoms with Crippen LogP contribution in [0.3, 0.4) is 0 Å². The fraction of sp³-hybridized carbons (Fsp3) is 0.111. The number of rotatable bonds is 2. The molecule has 2 rings (SSSR count). The first-order valence-electron chi connectivity index (χ1n) is 4.24. The third kappa shape index (κ3) is 2.05. The number of hydrogen-bond donors (Lipinski definition) is 2. The Bertz CT molecular complexity index is 457. The van der Waals surface area contributed by atoms with E-state index in [1.165, 1.54) is 12.3 Å². The Labute approximate surface area is 93.8 Å². The van der Waals surface area contributed by atoms with Gasteiger partial charge in [-0.05, 0) is 18.2 Å². The summed E-state index contributed by atoms with van der Waals surface area (Å²) in [5.74, 6) is -0.353. The lowest BCUT2D eigenvalue weighted by atomic mass is 10.1. The Morgan fingerprint density at radius 1 is 1.47 bits per heavy atom. The van der Waals surface area contributed by atoms with Crippen molar-refractivity contribution in [1.29, 1.82) is 0 Å². The molecule has 78 valence electrons. The minimum atomic E-state index is -0.610. The maximum Gasteiger partial charge on any atom is 0.128 e. The van der Waals surface area contributed by atoms with Crippen molar-refractivity contribution in [2.75, 3.05) is 0 Å². The summed E-state index contributed by atoms with van der Waals surface area (Å²) < 4.78 is 14.2. The topological polar surface area (TPSA) is 67.6 Å². The first-order valence-corrected chi connectivity index (χ1v) is 5.04. The molecule has 4 nitrogen and oxygen atoms in total. The van der Waals surface area contributed by atoms with E-state index in [1.54, 1.807) is 12.1 Å². The summed E-state index contributed by atoms with van der Waals surface area (Å²) in [5.41, 5.74) is 6.74. The van der Waals surface area contributed by atoms with E-state index in [4.69, 9.17) is 5.73 Å². The van der Waals surface area contributed by atoms with Crippen molar-refractivity contribution in [3.63, 3.8) is 0 Å². The van der Waals surface area contributed by atoms with Crippen molar-refractivity contribution in [2.24, 2.45) is 5.73 Å². The zero-order valence-electron chi connectivity index (χ0n) is 7.61. The van der Waals surface area contributed by atoms with Crippen molar-refractivity contribution in [3.05, 3.63) is 45.9 Å². The van der Waals surface area contributed by atoms with E-state index in [-0.39, 0.29) is 5.82 Å². The van der Waals surface area contributed by atoms with Crippen molar-refractivity contribution < 1.29 is 4.39 Å². The Kier molecular flexibility index (Phi) is 2.79. The van der Waals surface area contributed by atoms with Crippen LogP contribution in [0.1, 0.15) is 17.3 Å². The molecule has 2 aromatic rings. The molecule has 1 atom stereocenters. The lowest BCUT2D eigenvalue weighted by Crippen LogP contribution is -2.14. The normalized spacial score (nSPS) is 12.7. The molecule has 0 fully saturated rings. The van der Waals surface area contributed by atoms with E-state index in [0.717, 1.165) is 4.47 Å². The highest BCUT2D eigenvalue weighted by molar-refractivity contribution is 9.10. The highest BCUT2D eigenvalue weighted by atomic mass is 79.9. The minimum Gasteiger partial charge on any atom is -0.319 e. The second kappa shape index (κ2) is 4.08. The van der Waals surface area contributed by atoms with Gasteiger partial charge in [0.05, 0.1) is 12.2 Å². The van der Waals surface area contributed by atoms with Crippen LogP contribution in [0.25, 0.3) is 0 Å². The smallest absolute Gasteiger partial charge is 0.128 e. The fourth-order valence-corrected chi connectivity index (χ4v) is 1.65. The van der Waals surface area contributed by atoms with Gasteiger partial charge in [-0.2, -0.15) is 15.4 Å². The van der Waals surface area contributed by atoms with Gasteiger partial charge in [0.1, 0.15) is 11.5 Å². The van der Waals surface area contributed by atoms with E-state index < -0.39 is 6.04 Å². The number of nitrogens with one attached hydrogen (secondary N) is 1. The number of aromatic nitrogens is 3. The van der Waals surface area contributed by atoms with Gasteiger partial charge >= 0.3 is 0 Å². The highest BCUT2D eigenvalue weighted by Gasteiger charge is 2.15. The van der Waals surface area contributed by atoms with Gasteiger partial charge in [-0.25, -0.2) is 4.39 Å². The second-order valence-electron chi connectivity index (χ2n) is 3.04. The molecule has 1 aromatic heterocycles. The number of hydrogen-bond acceptors (Lipinski definition) is 3. The minimum absolute atomic E-state index is 0.353. The summed E-state index contributed by atoms with van der Waals surface area (Å²) in [6, 6.07) is 4.00. The van der Waals surface area contributed by atoms with Gasteiger partial charge in [-0.15, -0.1) is 0 Å². The molecule has 0 amide bonds. The van der Waals surface area contributed by atoms with Crippen molar-refractivity contribution in [1.82, 2.24) is 15.4 Å². The molecule has 0 saturated carbocycles. The SMILES string of the molecule is NC(c1cn[nH]n1)c1cc(Br)ccc1F. The molecule has 0 radical (unpaired) electrons. The summed E-state index contributed by atoms with van der Waals surface area (Å²) in [6.45, 7) is 0. The van der Waals surface area contributed by atoms with Gasteiger partial charge in [0, 0.05) is 10.0 Å². The fourth-order valence-electron chi connectivity index (χ4n) is 1.27. The van der Waals surface area contributed by atoms with Gasteiger partial charge < -0.3 is 5.73 Å². The zero-order chi connectivity index (χ0) is 10.8. The summed E-state index contributed by atoms with van der Waals surface area (Å²) in [6.07, 6.45) is 1.48. The summed E-state index contributed by atoms with van der Waals surface area (Å²) in [4.78, 5) is 0. The molecule has 1 unspecified atom stereocenters. The van der Waals surface area contributed by atoms with Crippen LogP contribution in [0, 0.1) is 5.82 Å². The zero-order valence-corrected chi connectivity index (χ0v) is 9.20. The average molecular weight is 271 g/mol. The molecule has 6 heteroatoms. The predicted octanol–water partition coefficient (Wildman–Crippen LogP) is 1.75. The van der Waals surface area contributed by atoms with Gasteiger partial charge in [0.15, 0.2) is 0 Å². The van der Waals surface area contributed by atoms with Crippen molar-refractivity contribution in [2.45, 2.75) is 6.04 Å². The molecular weight excluding hydrogens is 263 g/mol. The van der Waals surface area contributed by atoms with Crippen LogP contribution in [-0.2, 0) is 0 Å². The van der Waals surface area contributed by atoms with Crippen LogP contribution in [-0.4, -0.2) is 15.4 Å². The van der Waals surface area contributed by atoms with Crippen LogP contribution >= 0.6 is 15.9 Å². The van der Waals surface area contributed by atoms with E-state index in [9.17, 15) is 4.39 Å². The molecule has 0 aliphatic rings. The molecule has 0 spiro atoms. The number of benzene rings is 1. The molecule has 0 aliphatic heterocycles. The quantitative estimate of drug-likeness (QED) is 0.874. The molecular formula is C9H8BrFN4. The number of H-pyrrole nitrogens is 1. The standard InChI is InChI=1S/C9H8BrFN4/c10-5-1-2-7(11)6(3-5)9(12)8-4-13-15-14-8/h1-4,9H,12H2,(H,13,14,15). The number of halogens is 2. The van der Waals surface area contributed by atoms with Gasteiger partial charge in [0.25, 0.3) is 0 Å². The molecule has 15 heavy (non-hydrogen) atoms. The lowest BCUT2D eigenvalue weighted by molar-refractivity contribution is 0.596. The first-order chi connectivity index (χ1) is 7.18. The third-order valence-electron chi connectivity index (χ3n) is 2.05.